The fraction of sp³-hybridized carbons (Fsp3) is 0.474. The third kappa shape index (κ3) is 4.85. The Morgan fingerprint density at radius 1 is 1.04 bits per heavy atom. The lowest BCUT2D eigenvalue weighted by Gasteiger charge is -2.22. The van der Waals surface area contributed by atoms with Crippen LogP contribution in [0.5, 0.6) is 5.75 Å². The molecule has 0 unspecified atom stereocenters. The van der Waals surface area contributed by atoms with Crippen molar-refractivity contribution in [1.82, 2.24) is 9.97 Å². The van der Waals surface area contributed by atoms with E-state index in [4.69, 9.17) is 9.72 Å². The van der Waals surface area contributed by atoms with Crippen LogP contribution in [0.15, 0.2) is 30.3 Å². The van der Waals surface area contributed by atoms with E-state index in [1.54, 1.807) is 0 Å². The van der Waals surface area contributed by atoms with E-state index in [0.717, 1.165) is 54.8 Å². The Kier molecular flexibility index (Phi) is 6.85. The Balaban J connectivity index is 2.28. The van der Waals surface area contributed by atoms with Crippen molar-refractivity contribution in [3.05, 3.63) is 36.0 Å². The first-order valence-electron chi connectivity index (χ1n) is 8.77. The number of aryl methyl sites for hydroxylation is 1. The van der Waals surface area contributed by atoms with Crippen LogP contribution in [-0.4, -0.2) is 29.7 Å². The minimum atomic E-state index is 0.632. The maximum Gasteiger partial charge on any atom is 0.227 e. The van der Waals surface area contributed by atoms with Gasteiger partial charge >= 0.3 is 0 Å². The molecule has 0 atom stereocenters. The van der Waals surface area contributed by atoms with Crippen molar-refractivity contribution in [2.24, 2.45) is 0 Å². The normalized spacial score (nSPS) is 10.5. The lowest BCUT2D eigenvalue weighted by molar-refractivity contribution is 0.342. The molecule has 0 fully saturated rings. The smallest absolute Gasteiger partial charge is 0.227 e. The zero-order valence-electron chi connectivity index (χ0n) is 15.2. The molecule has 5 nitrogen and oxygen atoms in total. The SMILES string of the molecule is CCCN(CCC)c1nc(C)cc(Nc2ccccc2OCC)n1. The van der Waals surface area contributed by atoms with Gasteiger partial charge in [-0.25, -0.2) is 4.98 Å². The van der Waals surface area contributed by atoms with Gasteiger partial charge in [-0.3, -0.25) is 0 Å². The summed E-state index contributed by atoms with van der Waals surface area (Å²) in [7, 11) is 0. The Morgan fingerprint density at radius 2 is 1.75 bits per heavy atom. The molecular formula is C19H28N4O. The maximum absolute atomic E-state index is 5.68. The van der Waals surface area contributed by atoms with Crippen molar-refractivity contribution in [2.75, 3.05) is 29.9 Å². The van der Waals surface area contributed by atoms with Gasteiger partial charge in [-0.15, -0.1) is 0 Å². The van der Waals surface area contributed by atoms with Gasteiger partial charge in [-0.2, -0.15) is 4.98 Å². The highest BCUT2D eigenvalue weighted by Gasteiger charge is 2.11. The van der Waals surface area contributed by atoms with E-state index in [1.807, 2.05) is 44.2 Å². The molecule has 1 N–H and O–H groups in total. The molecule has 1 heterocycles. The number of rotatable bonds is 9. The molecule has 0 bridgehead atoms. The molecule has 24 heavy (non-hydrogen) atoms. The zero-order chi connectivity index (χ0) is 17.4. The Bertz CT molecular complexity index is 639. The van der Waals surface area contributed by atoms with Crippen LogP contribution >= 0.6 is 0 Å². The second-order valence-corrected chi connectivity index (χ2v) is 5.74. The van der Waals surface area contributed by atoms with Crippen LogP contribution in [0.25, 0.3) is 0 Å². The van der Waals surface area contributed by atoms with E-state index in [2.05, 4.69) is 29.0 Å². The highest BCUT2D eigenvalue weighted by Crippen LogP contribution is 2.27. The summed E-state index contributed by atoms with van der Waals surface area (Å²) in [5.41, 5.74) is 1.87. The first kappa shape index (κ1) is 18.0. The molecular weight excluding hydrogens is 300 g/mol. The van der Waals surface area contributed by atoms with E-state index in [0.29, 0.717) is 6.61 Å². The van der Waals surface area contributed by atoms with Crippen molar-refractivity contribution in [1.29, 1.82) is 0 Å². The second-order valence-electron chi connectivity index (χ2n) is 5.74. The number of nitrogens with zero attached hydrogens (tertiary/aromatic N) is 3. The number of benzene rings is 1. The van der Waals surface area contributed by atoms with Crippen LogP contribution in [0.2, 0.25) is 0 Å². The molecule has 0 aliphatic heterocycles. The molecule has 0 amide bonds. The summed E-state index contributed by atoms with van der Waals surface area (Å²) in [6.45, 7) is 10.9. The van der Waals surface area contributed by atoms with Crippen molar-refractivity contribution in [3.63, 3.8) is 0 Å². The van der Waals surface area contributed by atoms with Crippen molar-refractivity contribution in [2.45, 2.75) is 40.5 Å². The van der Waals surface area contributed by atoms with Crippen LogP contribution in [-0.2, 0) is 0 Å². The number of hydrogen-bond acceptors (Lipinski definition) is 5. The monoisotopic (exact) mass is 328 g/mol. The molecule has 1 aromatic heterocycles. The summed E-state index contributed by atoms with van der Waals surface area (Å²) in [5.74, 6) is 2.41. The minimum absolute atomic E-state index is 0.632. The fourth-order valence-corrected chi connectivity index (χ4v) is 2.60. The number of aromatic nitrogens is 2. The van der Waals surface area contributed by atoms with Crippen LogP contribution in [0, 0.1) is 6.92 Å². The number of hydrogen-bond donors (Lipinski definition) is 1. The first-order valence-corrected chi connectivity index (χ1v) is 8.77. The number of nitrogens with one attached hydrogen (secondary N) is 1. The lowest BCUT2D eigenvalue weighted by Crippen LogP contribution is -2.27. The lowest BCUT2D eigenvalue weighted by atomic mass is 10.3. The van der Waals surface area contributed by atoms with Gasteiger partial charge in [0.05, 0.1) is 12.3 Å². The largest absolute Gasteiger partial charge is 0.492 e. The van der Waals surface area contributed by atoms with Gasteiger partial charge in [0.25, 0.3) is 0 Å². The zero-order valence-corrected chi connectivity index (χ0v) is 15.2. The topological polar surface area (TPSA) is 50.3 Å². The third-order valence-corrected chi connectivity index (χ3v) is 3.56. The van der Waals surface area contributed by atoms with Crippen LogP contribution in [0.4, 0.5) is 17.5 Å². The number of anilines is 3. The van der Waals surface area contributed by atoms with Gasteiger partial charge in [-0.1, -0.05) is 26.0 Å². The Morgan fingerprint density at radius 3 is 2.42 bits per heavy atom. The minimum Gasteiger partial charge on any atom is -0.492 e. The highest BCUT2D eigenvalue weighted by molar-refractivity contribution is 5.64. The predicted octanol–water partition coefficient (Wildman–Crippen LogP) is 4.55. The predicted molar refractivity (Wildman–Crippen MR) is 100 cm³/mol. The molecule has 5 heteroatoms. The summed E-state index contributed by atoms with van der Waals surface area (Å²) >= 11 is 0. The van der Waals surface area contributed by atoms with Gasteiger partial charge in [0.1, 0.15) is 11.6 Å². The standard InChI is InChI=1S/C19H28N4O/c1-5-12-23(13-6-2)19-20-15(4)14-18(22-19)21-16-10-8-9-11-17(16)24-7-3/h8-11,14H,5-7,12-13H2,1-4H3,(H,20,21,22). The van der Waals surface area contributed by atoms with Crippen LogP contribution in [0.3, 0.4) is 0 Å². The fourth-order valence-electron chi connectivity index (χ4n) is 2.60. The molecule has 0 saturated heterocycles. The average Bonchev–Trinajstić information content (AvgIpc) is 2.56. The van der Waals surface area contributed by atoms with E-state index in [1.165, 1.54) is 0 Å². The van der Waals surface area contributed by atoms with Crippen molar-refractivity contribution in [3.8, 4) is 5.75 Å². The van der Waals surface area contributed by atoms with Gasteiger partial charge in [-0.05, 0) is 38.8 Å². The number of para-hydroxylation sites is 2. The van der Waals surface area contributed by atoms with Gasteiger partial charge in [0.15, 0.2) is 0 Å². The summed E-state index contributed by atoms with van der Waals surface area (Å²) in [6, 6.07) is 9.87. The third-order valence-electron chi connectivity index (χ3n) is 3.56. The molecule has 130 valence electrons. The quantitative estimate of drug-likeness (QED) is 0.731. The summed E-state index contributed by atoms with van der Waals surface area (Å²) in [5, 5.41) is 3.37. The Labute approximate surface area is 145 Å². The van der Waals surface area contributed by atoms with Crippen molar-refractivity contribution < 1.29 is 4.74 Å². The van der Waals surface area contributed by atoms with Gasteiger partial charge < -0.3 is 15.0 Å². The second kappa shape index (κ2) is 9.11. The van der Waals surface area contributed by atoms with E-state index < -0.39 is 0 Å². The molecule has 0 saturated carbocycles. The van der Waals surface area contributed by atoms with E-state index in [9.17, 15) is 0 Å². The van der Waals surface area contributed by atoms with Crippen LogP contribution < -0.4 is 15.0 Å². The molecule has 1 aromatic carbocycles. The molecule has 2 rings (SSSR count). The number of ether oxygens (including phenoxy) is 1. The average molecular weight is 328 g/mol. The molecule has 0 radical (unpaired) electrons. The molecule has 0 aliphatic rings. The first-order chi connectivity index (χ1) is 11.7. The Hall–Kier alpha value is -2.30. The van der Waals surface area contributed by atoms with Crippen molar-refractivity contribution >= 4 is 17.5 Å². The maximum atomic E-state index is 5.68. The summed E-state index contributed by atoms with van der Waals surface area (Å²) in [6.07, 6.45) is 2.15. The van der Waals surface area contributed by atoms with Gasteiger partial charge in [0.2, 0.25) is 5.95 Å². The van der Waals surface area contributed by atoms with Gasteiger partial charge in [0, 0.05) is 24.8 Å². The molecule has 0 aliphatic carbocycles. The van der Waals surface area contributed by atoms with E-state index in [-0.39, 0.29) is 0 Å². The summed E-state index contributed by atoms with van der Waals surface area (Å²) in [4.78, 5) is 11.6. The molecule has 0 spiro atoms. The highest BCUT2D eigenvalue weighted by atomic mass is 16.5. The molecule has 2 aromatic rings. The van der Waals surface area contributed by atoms with E-state index >= 15 is 0 Å². The van der Waals surface area contributed by atoms with Crippen LogP contribution in [0.1, 0.15) is 39.3 Å². The summed E-state index contributed by atoms with van der Waals surface area (Å²) < 4.78 is 5.68.